The van der Waals surface area contributed by atoms with E-state index in [9.17, 15) is 4.79 Å². The third-order valence-electron chi connectivity index (χ3n) is 2.36. The van der Waals surface area contributed by atoms with Crippen molar-refractivity contribution in [1.82, 2.24) is 0 Å². The smallest absolute Gasteiger partial charge is 0.301 e. The Hall–Kier alpha value is -2.38. The molecule has 5 heteroatoms. The topological polar surface area (TPSA) is 62.4 Å². The van der Waals surface area contributed by atoms with Crippen LogP contribution in [0.15, 0.2) is 47.6 Å². The molecule has 2 aromatic rings. The number of carbonyl (C=O) groups is 1. The number of benzene rings is 2. The minimum absolute atomic E-state index is 0.000741. The second-order valence-electron chi connectivity index (χ2n) is 3.41. The summed E-state index contributed by atoms with van der Waals surface area (Å²) in [5.74, 6) is 0. The largest absolute Gasteiger partial charge is 0.429 e. The Labute approximate surface area is 108 Å². The van der Waals surface area contributed by atoms with Gasteiger partial charge in [0.15, 0.2) is 5.71 Å². The average Bonchev–Trinajstić information content (AvgIpc) is 2.39. The van der Waals surface area contributed by atoms with Crippen LogP contribution in [-0.2, 0) is 4.84 Å². The molecule has 0 N–H and O–H groups in total. The number of halogens is 1. The number of oxime groups is 1. The number of fused-ring (bicyclic) bond motifs is 1. The Balaban J connectivity index is 2.56. The molecule has 2 aromatic carbocycles. The van der Waals surface area contributed by atoms with Crippen LogP contribution in [-0.4, -0.2) is 11.1 Å². The molecular formula is C13H7ClN2O2. The SMILES string of the molecule is N#C/C(=N\OC(=O)Cl)c1cccc2ccccc12. The predicted octanol–water partition coefficient (Wildman–Crippen LogP) is 3.44. The zero-order valence-electron chi connectivity index (χ0n) is 9.13. The quantitative estimate of drug-likeness (QED) is 0.359. The zero-order valence-corrected chi connectivity index (χ0v) is 9.89. The zero-order chi connectivity index (χ0) is 13.0. The predicted molar refractivity (Wildman–Crippen MR) is 68.4 cm³/mol. The molecule has 88 valence electrons. The Kier molecular flexibility index (Phi) is 3.56. The van der Waals surface area contributed by atoms with E-state index in [1.54, 1.807) is 12.1 Å². The van der Waals surface area contributed by atoms with Gasteiger partial charge in [-0.1, -0.05) is 47.6 Å². The highest BCUT2D eigenvalue weighted by atomic mass is 35.5. The summed E-state index contributed by atoms with van der Waals surface area (Å²) in [6.07, 6.45) is 0. The standard InChI is InChI=1S/C13H7ClN2O2/c14-13(17)18-16-12(8-15)11-7-3-5-9-4-1-2-6-10(9)11/h1-7H/b16-12+. The lowest BCUT2D eigenvalue weighted by Gasteiger charge is -2.03. The van der Waals surface area contributed by atoms with E-state index in [1.165, 1.54) is 0 Å². The summed E-state index contributed by atoms with van der Waals surface area (Å²) < 4.78 is 0. The van der Waals surface area contributed by atoms with Gasteiger partial charge in [0.25, 0.3) is 0 Å². The Morgan fingerprint density at radius 2 is 1.94 bits per heavy atom. The lowest BCUT2D eigenvalue weighted by Crippen LogP contribution is -2.00. The van der Waals surface area contributed by atoms with Gasteiger partial charge in [0.05, 0.1) is 0 Å². The molecule has 0 aliphatic carbocycles. The van der Waals surface area contributed by atoms with Crippen molar-refractivity contribution in [2.75, 3.05) is 0 Å². The minimum Gasteiger partial charge on any atom is -0.301 e. The molecule has 0 bridgehead atoms. The maximum atomic E-state index is 10.5. The lowest BCUT2D eigenvalue weighted by molar-refractivity contribution is 0.179. The van der Waals surface area contributed by atoms with Gasteiger partial charge in [-0.15, -0.1) is 0 Å². The maximum absolute atomic E-state index is 10.5. The summed E-state index contributed by atoms with van der Waals surface area (Å²) in [6, 6.07) is 14.9. The van der Waals surface area contributed by atoms with E-state index < -0.39 is 5.43 Å². The Bertz CT molecular complexity index is 669. The summed E-state index contributed by atoms with van der Waals surface area (Å²) in [5.41, 5.74) is -0.489. The van der Waals surface area contributed by atoms with E-state index in [4.69, 9.17) is 16.9 Å². The Morgan fingerprint density at radius 3 is 2.67 bits per heavy atom. The maximum Gasteiger partial charge on any atom is 0.429 e. The van der Waals surface area contributed by atoms with Gasteiger partial charge in [0.2, 0.25) is 0 Å². The van der Waals surface area contributed by atoms with Crippen molar-refractivity contribution >= 4 is 33.5 Å². The lowest BCUT2D eigenvalue weighted by atomic mass is 10.0. The molecule has 0 aromatic heterocycles. The molecule has 0 spiro atoms. The van der Waals surface area contributed by atoms with Crippen LogP contribution in [0.25, 0.3) is 10.8 Å². The molecule has 0 amide bonds. The minimum atomic E-state index is -1.08. The second-order valence-corrected chi connectivity index (χ2v) is 3.72. The molecule has 18 heavy (non-hydrogen) atoms. The van der Waals surface area contributed by atoms with E-state index >= 15 is 0 Å². The van der Waals surface area contributed by atoms with E-state index in [1.807, 2.05) is 36.4 Å². The van der Waals surface area contributed by atoms with Crippen LogP contribution in [0.3, 0.4) is 0 Å². The van der Waals surface area contributed by atoms with Gasteiger partial charge < -0.3 is 4.84 Å². The highest BCUT2D eigenvalue weighted by Crippen LogP contribution is 2.19. The normalized spacial score (nSPS) is 11.0. The summed E-state index contributed by atoms with van der Waals surface area (Å²) in [4.78, 5) is 14.8. The summed E-state index contributed by atoms with van der Waals surface area (Å²) in [5, 5.41) is 14.3. The summed E-state index contributed by atoms with van der Waals surface area (Å²) >= 11 is 5.01. The first kappa shape index (κ1) is 12.1. The molecule has 0 heterocycles. The van der Waals surface area contributed by atoms with E-state index in [2.05, 4.69) is 9.99 Å². The fourth-order valence-electron chi connectivity index (χ4n) is 1.64. The monoisotopic (exact) mass is 258 g/mol. The molecule has 0 aliphatic rings. The van der Waals surface area contributed by atoms with Gasteiger partial charge >= 0.3 is 5.43 Å². The van der Waals surface area contributed by atoms with E-state index in [-0.39, 0.29) is 5.71 Å². The van der Waals surface area contributed by atoms with Gasteiger partial charge in [0.1, 0.15) is 6.07 Å². The van der Waals surface area contributed by atoms with Crippen LogP contribution >= 0.6 is 11.6 Å². The third kappa shape index (κ3) is 2.47. The van der Waals surface area contributed by atoms with Crippen LogP contribution in [0.2, 0.25) is 0 Å². The first-order chi connectivity index (χ1) is 8.72. The number of nitriles is 1. The molecule has 0 unspecified atom stereocenters. The van der Waals surface area contributed by atoms with Crippen molar-refractivity contribution in [1.29, 1.82) is 5.26 Å². The van der Waals surface area contributed by atoms with Crippen molar-refractivity contribution in [2.45, 2.75) is 0 Å². The summed E-state index contributed by atoms with van der Waals surface area (Å²) in [7, 11) is 0. The van der Waals surface area contributed by atoms with Crippen molar-refractivity contribution in [2.24, 2.45) is 5.16 Å². The van der Waals surface area contributed by atoms with E-state index in [0.717, 1.165) is 10.8 Å². The van der Waals surface area contributed by atoms with Gasteiger partial charge in [-0.05, 0) is 10.8 Å². The molecule has 0 radical (unpaired) electrons. The molecule has 0 aliphatic heterocycles. The van der Waals surface area contributed by atoms with Gasteiger partial charge in [-0.2, -0.15) is 5.26 Å². The number of carbonyl (C=O) groups excluding carboxylic acids is 1. The highest BCUT2D eigenvalue weighted by molar-refractivity contribution is 6.61. The Morgan fingerprint density at radius 1 is 1.22 bits per heavy atom. The fraction of sp³-hybridized carbons (Fsp3) is 0. The molecule has 0 saturated carbocycles. The number of rotatable bonds is 2. The van der Waals surface area contributed by atoms with Crippen molar-refractivity contribution in [3.8, 4) is 6.07 Å². The first-order valence-corrected chi connectivity index (χ1v) is 5.43. The first-order valence-electron chi connectivity index (χ1n) is 5.05. The van der Waals surface area contributed by atoms with Crippen molar-refractivity contribution in [3.63, 3.8) is 0 Å². The molecule has 2 rings (SSSR count). The number of nitrogens with zero attached hydrogens (tertiary/aromatic N) is 2. The van der Waals surface area contributed by atoms with Crippen LogP contribution in [0.5, 0.6) is 0 Å². The highest BCUT2D eigenvalue weighted by Gasteiger charge is 2.08. The molecule has 4 nitrogen and oxygen atoms in total. The van der Waals surface area contributed by atoms with Crippen molar-refractivity contribution < 1.29 is 9.63 Å². The average molecular weight is 259 g/mol. The van der Waals surface area contributed by atoms with Gasteiger partial charge in [-0.3, -0.25) is 0 Å². The molecule has 0 atom stereocenters. The second kappa shape index (κ2) is 5.30. The van der Waals surface area contributed by atoms with Gasteiger partial charge in [-0.25, -0.2) is 4.79 Å². The fourth-order valence-corrected chi connectivity index (χ4v) is 1.68. The van der Waals surface area contributed by atoms with Crippen LogP contribution in [0.1, 0.15) is 5.56 Å². The number of hydrogen-bond acceptors (Lipinski definition) is 4. The van der Waals surface area contributed by atoms with Crippen LogP contribution in [0.4, 0.5) is 4.79 Å². The third-order valence-corrected chi connectivity index (χ3v) is 2.43. The number of hydrogen-bond donors (Lipinski definition) is 0. The van der Waals surface area contributed by atoms with E-state index in [0.29, 0.717) is 5.56 Å². The van der Waals surface area contributed by atoms with Crippen LogP contribution in [0, 0.1) is 11.3 Å². The summed E-state index contributed by atoms with van der Waals surface area (Å²) in [6.45, 7) is 0. The van der Waals surface area contributed by atoms with Crippen LogP contribution < -0.4 is 0 Å². The molecular weight excluding hydrogens is 252 g/mol. The molecule has 0 fully saturated rings. The van der Waals surface area contributed by atoms with Gasteiger partial charge in [0, 0.05) is 17.2 Å². The molecule has 0 saturated heterocycles. The van der Waals surface area contributed by atoms with Crippen molar-refractivity contribution in [3.05, 3.63) is 48.0 Å².